The first kappa shape index (κ1) is 42.4. The van der Waals surface area contributed by atoms with Crippen molar-refractivity contribution in [3.05, 3.63) is 64.7 Å². The number of nitriles is 1. The van der Waals surface area contributed by atoms with Crippen LogP contribution in [0, 0.1) is 17.2 Å². The van der Waals surface area contributed by atoms with Crippen LogP contribution >= 0.6 is 12.2 Å². The Hall–Kier alpha value is -4.23. The summed E-state index contributed by atoms with van der Waals surface area (Å²) >= 11 is 5.74. The number of ether oxygens (including phenoxy) is 1. The van der Waals surface area contributed by atoms with E-state index in [9.17, 15) is 37.6 Å². The highest BCUT2D eigenvalue weighted by molar-refractivity contribution is 7.80. The highest BCUT2D eigenvalue weighted by Gasteiger charge is 2.52. The minimum atomic E-state index is -4.76. The van der Waals surface area contributed by atoms with Crippen LogP contribution in [0.5, 0.6) is 0 Å². The summed E-state index contributed by atoms with van der Waals surface area (Å²) in [5.41, 5.74) is -0.788. The maximum absolute atomic E-state index is 13.7. The normalized spacial score (nSPS) is 26.1. The number of alkyl halides is 3. The highest BCUT2D eigenvalue weighted by Crippen LogP contribution is 2.40. The number of anilines is 1. The lowest BCUT2D eigenvalue weighted by molar-refractivity contribution is -0.138. The van der Waals surface area contributed by atoms with E-state index in [0.29, 0.717) is 51.7 Å². The number of carbonyl (C=O) groups excluding carboxylic acids is 4. The van der Waals surface area contributed by atoms with Crippen molar-refractivity contribution in [1.82, 2.24) is 20.0 Å². The van der Waals surface area contributed by atoms with E-state index in [-0.39, 0.29) is 58.5 Å². The zero-order valence-electron chi connectivity index (χ0n) is 32.9. The third kappa shape index (κ3) is 9.57. The second-order valence-electron chi connectivity index (χ2n) is 16.5. The second kappa shape index (κ2) is 17.3. The average Bonchev–Trinajstić information content (AvgIpc) is 3.32. The molecular weight excluding hydrogens is 758 g/mol. The van der Waals surface area contributed by atoms with Gasteiger partial charge in [0.05, 0.1) is 42.1 Å². The lowest BCUT2D eigenvalue weighted by Gasteiger charge is -2.44. The number of nitrogens with zero attached hydrogens (tertiary/aromatic N) is 5. The molecule has 2 aromatic carbocycles. The molecule has 57 heavy (non-hydrogen) atoms. The van der Waals surface area contributed by atoms with Gasteiger partial charge in [-0.05, 0) is 108 Å². The Balaban J connectivity index is 0.943. The van der Waals surface area contributed by atoms with Gasteiger partial charge >= 0.3 is 6.18 Å². The number of piperidine rings is 1. The molecule has 3 heterocycles. The maximum Gasteiger partial charge on any atom is 0.417 e. The van der Waals surface area contributed by atoms with Crippen molar-refractivity contribution >= 4 is 46.5 Å². The molecule has 0 bridgehead atoms. The zero-order chi connectivity index (χ0) is 41.2. The molecule has 1 aliphatic carbocycles. The third-order valence-electron chi connectivity index (χ3n) is 11.9. The van der Waals surface area contributed by atoms with Gasteiger partial charge in [0.2, 0.25) is 11.8 Å². The molecule has 1 unspecified atom stereocenters. The number of imide groups is 1. The quantitative estimate of drug-likeness (QED) is 0.220. The molecule has 1 N–H and O–H groups in total. The van der Waals surface area contributed by atoms with Gasteiger partial charge in [-0.2, -0.15) is 18.4 Å². The van der Waals surface area contributed by atoms with Gasteiger partial charge in [-0.15, -0.1) is 0 Å². The van der Waals surface area contributed by atoms with E-state index >= 15 is 0 Å². The number of ketones is 1. The highest BCUT2D eigenvalue weighted by atomic mass is 32.1. The molecule has 11 nitrogen and oxygen atoms in total. The molecular formula is C42H51F3N6O5S. The van der Waals surface area contributed by atoms with Crippen LogP contribution in [0.15, 0.2) is 42.5 Å². The fourth-order valence-electron chi connectivity index (χ4n) is 9.00. The molecule has 2 aromatic rings. The van der Waals surface area contributed by atoms with Gasteiger partial charge in [-0.1, -0.05) is 24.3 Å². The van der Waals surface area contributed by atoms with Crippen LogP contribution in [0.25, 0.3) is 0 Å². The van der Waals surface area contributed by atoms with Crippen LogP contribution < -0.4 is 10.2 Å². The molecule has 1 saturated carbocycles. The third-order valence-corrected chi connectivity index (χ3v) is 12.3. The number of nitrogens with one attached hydrogen (secondary N) is 1. The number of rotatable bonds is 12. The van der Waals surface area contributed by atoms with Gasteiger partial charge in [-0.3, -0.25) is 39.2 Å². The lowest BCUT2D eigenvalue weighted by Crippen LogP contribution is -2.58. The predicted octanol–water partition coefficient (Wildman–Crippen LogP) is 5.42. The number of amides is 3. The SMILES string of the molecule is C[C@@H]1CN(CCOC2CCC(N3C(=S)N(c4ccc(C#N)c(C(F)(F)F)c4)C(=O)C3(C)C)CC2)C[C@H](C)N1CC(=O)Cc1cccc(CC2CCC(=O)NC2=O)c1. The van der Waals surface area contributed by atoms with Crippen molar-refractivity contribution in [3.63, 3.8) is 0 Å². The number of Topliss-reactive ketones (excluding diaryl/α,β-unsaturated/α-hetero) is 1. The van der Waals surface area contributed by atoms with Crippen molar-refractivity contribution in [2.45, 2.75) is 115 Å². The lowest BCUT2D eigenvalue weighted by atomic mass is 9.89. The van der Waals surface area contributed by atoms with Gasteiger partial charge in [0, 0.05) is 56.5 Å². The van der Waals surface area contributed by atoms with E-state index in [1.165, 1.54) is 11.0 Å². The van der Waals surface area contributed by atoms with Crippen LogP contribution in [-0.2, 0) is 42.9 Å². The molecule has 6 rings (SSSR count). The summed E-state index contributed by atoms with van der Waals surface area (Å²) in [6.07, 6.45) is -0.0579. The summed E-state index contributed by atoms with van der Waals surface area (Å²) in [4.78, 5) is 58.3. The molecule has 306 valence electrons. The Labute approximate surface area is 337 Å². The van der Waals surface area contributed by atoms with E-state index in [0.717, 1.165) is 55.7 Å². The number of halogens is 3. The summed E-state index contributed by atoms with van der Waals surface area (Å²) in [5.74, 6) is -0.974. The van der Waals surface area contributed by atoms with E-state index in [1.54, 1.807) is 19.9 Å². The summed E-state index contributed by atoms with van der Waals surface area (Å²) in [6, 6.07) is 12.9. The molecule has 4 fully saturated rings. The summed E-state index contributed by atoms with van der Waals surface area (Å²) in [6.45, 7) is 11.1. The van der Waals surface area contributed by atoms with Gasteiger partial charge in [0.15, 0.2) is 10.9 Å². The van der Waals surface area contributed by atoms with Gasteiger partial charge in [-0.25, -0.2) is 0 Å². The largest absolute Gasteiger partial charge is 0.417 e. The van der Waals surface area contributed by atoms with Gasteiger partial charge in [0.25, 0.3) is 5.91 Å². The van der Waals surface area contributed by atoms with Gasteiger partial charge in [0.1, 0.15) is 5.54 Å². The smallest absolute Gasteiger partial charge is 0.377 e. The summed E-state index contributed by atoms with van der Waals surface area (Å²) in [5, 5.41) is 11.8. The van der Waals surface area contributed by atoms with Crippen LogP contribution in [0.2, 0.25) is 0 Å². The first-order valence-corrected chi connectivity index (χ1v) is 20.2. The molecule has 3 atom stereocenters. The summed E-state index contributed by atoms with van der Waals surface area (Å²) in [7, 11) is 0. The number of thiocarbonyl (C=S) groups is 1. The molecule has 3 saturated heterocycles. The Kier molecular flexibility index (Phi) is 12.9. The minimum Gasteiger partial charge on any atom is -0.377 e. The number of benzene rings is 2. The number of hydrogen-bond donors (Lipinski definition) is 1. The molecule has 15 heteroatoms. The summed E-state index contributed by atoms with van der Waals surface area (Å²) < 4.78 is 47.5. The van der Waals surface area contributed by atoms with Crippen molar-refractivity contribution in [3.8, 4) is 6.07 Å². The predicted molar refractivity (Wildman–Crippen MR) is 211 cm³/mol. The van der Waals surface area contributed by atoms with E-state index in [2.05, 4.69) is 29.0 Å². The molecule has 0 radical (unpaired) electrons. The van der Waals surface area contributed by atoms with Gasteiger partial charge < -0.3 is 9.64 Å². The Bertz CT molecular complexity index is 1910. The standard InChI is InChI=1S/C42H51F3N6O5S/c1-26-23-48(24-27(2)49(26)25-34(52)20-29-7-5-6-28(18-29)19-30-9-15-37(53)47-38(30)54)16-17-56-35-13-11-32(12-14-35)51-40(57)50(39(55)41(51,3)4)33-10-8-31(22-46)36(21-33)42(43,44)45/h5-8,10,18,21,26-27,30,32,35H,9,11-17,19-20,23-25H2,1-4H3,(H,47,53,54)/t26-,27+,30?,32?,35?. The number of piperazine rings is 1. The Morgan fingerprint density at radius 3 is 2.33 bits per heavy atom. The van der Waals surface area contributed by atoms with Crippen LogP contribution in [-0.4, -0.2) is 106 Å². The first-order chi connectivity index (χ1) is 27.0. The van der Waals surface area contributed by atoms with Crippen molar-refractivity contribution in [1.29, 1.82) is 5.26 Å². The van der Waals surface area contributed by atoms with E-state index < -0.39 is 28.7 Å². The Morgan fingerprint density at radius 1 is 1.00 bits per heavy atom. The first-order valence-electron chi connectivity index (χ1n) is 19.8. The van der Waals surface area contributed by atoms with Crippen molar-refractivity contribution < 1.29 is 37.1 Å². The Morgan fingerprint density at radius 2 is 1.68 bits per heavy atom. The second-order valence-corrected chi connectivity index (χ2v) is 16.9. The number of carbonyl (C=O) groups is 4. The fraction of sp³-hybridized carbons (Fsp3) is 0.571. The average molecular weight is 809 g/mol. The topological polar surface area (TPSA) is 126 Å². The number of hydrogen-bond acceptors (Lipinski definition) is 9. The van der Waals surface area contributed by atoms with Crippen molar-refractivity contribution in [2.24, 2.45) is 5.92 Å². The molecule has 0 aromatic heterocycles. The molecule has 4 aliphatic rings. The van der Waals surface area contributed by atoms with E-state index in [4.69, 9.17) is 17.0 Å². The van der Waals surface area contributed by atoms with Crippen molar-refractivity contribution in [2.75, 3.05) is 37.7 Å². The monoisotopic (exact) mass is 808 g/mol. The molecule has 3 aliphatic heterocycles. The molecule has 0 spiro atoms. The fourth-order valence-corrected chi connectivity index (χ4v) is 9.57. The maximum atomic E-state index is 13.7. The zero-order valence-corrected chi connectivity index (χ0v) is 33.8. The molecule has 3 amide bonds. The van der Waals surface area contributed by atoms with Crippen LogP contribution in [0.4, 0.5) is 18.9 Å². The minimum absolute atomic E-state index is 0.00825. The van der Waals surface area contributed by atoms with Crippen LogP contribution in [0.1, 0.15) is 88.5 Å². The van der Waals surface area contributed by atoms with Crippen LogP contribution in [0.3, 0.4) is 0 Å². The van der Waals surface area contributed by atoms with E-state index in [1.807, 2.05) is 29.2 Å².